The monoisotopic (exact) mass is 408 g/mol. The predicted molar refractivity (Wildman–Crippen MR) is 112 cm³/mol. The lowest BCUT2D eigenvalue weighted by molar-refractivity contribution is 0.628. The summed E-state index contributed by atoms with van der Waals surface area (Å²) in [7, 11) is 0. The maximum atomic E-state index is 14.1. The Kier molecular flexibility index (Phi) is 4.22. The van der Waals surface area contributed by atoms with Crippen molar-refractivity contribution in [1.29, 1.82) is 0 Å². The topological polar surface area (TPSA) is 17.8 Å². The Bertz CT molecular complexity index is 1210. The first-order valence-corrected chi connectivity index (χ1v) is 9.79. The van der Waals surface area contributed by atoms with Gasteiger partial charge in [0.25, 0.3) is 0 Å². The zero-order valence-electron chi connectivity index (χ0n) is 14.8. The third kappa shape index (κ3) is 2.83. The van der Waals surface area contributed by atoms with Crippen LogP contribution in [-0.2, 0) is 12.8 Å². The van der Waals surface area contributed by atoms with Crippen molar-refractivity contribution in [2.24, 2.45) is 0 Å². The van der Waals surface area contributed by atoms with Crippen molar-refractivity contribution in [2.75, 3.05) is 0 Å². The predicted octanol–water partition coefficient (Wildman–Crippen LogP) is 6.75. The number of benzene rings is 3. The summed E-state index contributed by atoms with van der Waals surface area (Å²) < 4.78 is 15.9. The minimum Gasteiger partial charge on any atom is -0.232 e. The summed E-state index contributed by atoms with van der Waals surface area (Å²) in [4.78, 5) is 0. The average Bonchev–Trinajstić information content (AvgIpc) is 3.10. The number of aryl methyl sites for hydroxylation is 2. The van der Waals surface area contributed by atoms with Crippen LogP contribution in [0.25, 0.3) is 28.1 Å². The fourth-order valence-corrected chi connectivity index (χ4v) is 4.15. The maximum absolute atomic E-state index is 14.1. The van der Waals surface area contributed by atoms with E-state index in [2.05, 4.69) is 18.2 Å². The fraction of sp³-hybridized carbons (Fsp3) is 0.0870. The molecular weight excluding hydrogens is 394 g/mol. The van der Waals surface area contributed by atoms with Gasteiger partial charge in [0.2, 0.25) is 0 Å². The van der Waals surface area contributed by atoms with Gasteiger partial charge in [-0.25, -0.2) is 9.07 Å². The first kappa shape index (κ1) is 17.5. The summed E-state index contributed by atoms with van der Waals surface area (Å²) in [5.74, 6) is -0.280. The number of nitrogens with zero attached hydrogens (tertiary/aromatic N) is 2. The number of hydrogen-bond donors (Lipinski definition) is 0. The van der Waals surface area contributed by atoms with Crippen LogP contribution in [0.1, 0.15) is 11.3 Å². The molecule has 0 saturated carbocycles. The molecule has 0 N–H and O–H groups in total. The summed E-state index contributed by atoms with van der Waals surface area (Å²) in [5, 5.41) is 5.83. The molecule has 0 amide bonds. The molecule has 0 saturated heterocycles. The van der Waals surface area contributed by atoms with Crippen LogP contribution in [0.2, 0.25) is 10.0 Å². The van der Waals surface area contributed by atoms with E-state index >= 15 is 0 Å². The Balaban J connectivity index is 1.84. The van der Waals surface area contributed by atoms with Gasteiger partial charge in [-0.3, -0.25) is 0 Å². The lowest BCUT2D eigenvalue weighted by Crippen LogP contribution is -2.03. The van der Waals surface area contributed by atoms with Crippen molar-refractivity contribution >= 4 is 23.2 Å². The van der Waals surface area contributed by atoms with E-state index in [4.69, 9.17) is 28.3 Å². The Morgan fingerprint density at radius 3 is 2.54 bits per heavy atom. The van der Waals surface area contributed by atoms with Gasteiger partial charge in [0.1, 0.15) is 5.82 Å². The molecule has 0 atom stereocenters. The van der Waals surface area contributed by atoms with Gasteiger partial charge in [-0.1, -0.05) is 59.6 Å². The smallest absolute Gasteiger partial charge is 0.123 e. The molecule has 1 aromatic heterocycles. The highest BCUT2D eigenvalue weighted by molar-refractivity contribution is 6.42. The summed E-state index contributed by atoms with van der Waals surface area (Å²) in [6, 6.07) is 20.4. The van der Waals surface area contributed by atoms with Gasteiger partial charge >= 0.3 is 0 Å². The van der Waals surface area contributed by atoms with E-state index < -0.39 is 0 Å². The van der Waals surface area contributed by atoms with Crippen molar-refractivity contribution in [1.82, 2.24) is 9.78 Å². The van der Waals surface area contributed by atoms with Gasteiger partial charge in [0.05, 0.1) is 27.1 Å². The first-order valence-electron chi connectivity index (χ1n) is 9.03. The quantitative estimate of drug-likeness (QED) is 0.358. The first-order chi connectivity index (χ1) is 13.6. The van der Waals surface area contributed by atoms with Gasteiger partial charge in [-0.05, 0) is 54.3 Å². The standard InChI is InChI=1S/C23H15Cl2FN2/c24-19-10-9-17(13-20(19)25)28-23(15-5-3-6-16(26)12-15)22-18-7-2-1-4-14(18)8-11-21(22)27-28/h1-7,9-10,12-13H,8,11H2. The Hall–Kier alpha value is -2.62. The van der Waals surface area contributed by atoms with E-state index in [1.54, 1.807) is 24.3 Å². The van der Waals surface area contributed by atoms with E-state index in [1.807, 2.05) is 22.9 Å². The van der Waals surface area contributed by atoms with E-state index in [0.717, 1.165) is 46.6 Å². The molecule has 3 aromatic carbocycles. The Morgan fingerprint density at radius 1 is 0.857 bits per heavy atom. The molecule has 0 bridgehead atoms. The molecule has 138 valence electrons. The molecule has 0 unspecified atom stereocenters. The van der Waals surface area contributed by atoms with Crippen LogP contribution in [0.5, 0.6) is 0 Å². The molecule has 4 aromatic rings. The van der Waals surface area contributed by atoms with Crippen molar-refractivity contribution in [3.05, 3.63) is 93.8 Å². The zero-order chi connectivity index (χ0) is 19.3. The second-order valence-corrected chi connectivity index (χ2v) is 7.66. The molecule has 1 aliphatic rings. The molecule has 5 heteroatoms. The normalized spacial score (nSPS) is 12.5. The molecule has 2 nitrogen and oxygen atoms in total. The van der Waals surface area contributed by atoms with Crippen LogP contribution < -0.4 is 0 Å². The average molecular weight is 409 g/mol. The third-order valence-electron chi connectivity index (χ3n) is 5.12. The van der Waals surface area contributed by atoms with Crippen molar-refractivity contribution in [2.45, 2.75) is 12.8 Å². The third-order valence-corrected chi connectivity index (χ3v) is 5.86. The van der Waals surface area contributed by atoms with Gasteiger partial charge in [0, 0.05) is 11.1 Å². The number of hydrogen-bond acceptors (Lipinski definition) is 1. The lowest BCUT2D eigenvalue weighted by Gasteiger charge is -2.17. The van der Waals surface area contributed by atoms with E-state index in [0.29, 0.717) is 10.0 Å². The van der Waals surface area contributed by atoms with Gasteiger partial charge in [-0.2, -0.15) is 5.10 Å². The highest BCUT2D eigenvalue weighted by Crippen LogP contribution is 2.42. The van der Waals surface area contributed by atoms with Gasteiger partial charge in [0.15, 0.2) is 0 Å². The van der Waals surface area contributed by atoms with Crippen LogP contribution in [0, 0.1) is 5.82 Å². The fourth-order valence-electron chi connectivity index (χ4n) is 3.86. The summed E-state index contributed by atoms with van der Waals surface area (Å²) in [6.07, 6.45) is 1.77. The second kappa shape index (κ2) is 6.77. The number of halogens is 3. The van der Waals surface area contributed by atoms with E-state index in [-0.39, 0.29) is 5.82 Å². The summed E-state index contributed by atoms with van der Waals surface area (Å²) in [6.45, 7) is 0. The number of fused-ring (bicyclic) bond motifs is 3. The highest BCUT2D eigenvalue weighted by Gasteiger charge is 2.26. The maximum Gasteiger partial charge on any atom is 0.123 e. The Morgan fingerprint density at radius 2 is 1.71 bits per heavy atom. The minimum atomic E-state index is -0.280. The van der Waals surface area contributed by atoms with Crippen molar-refractivity contribution < 1.29 is 4.39 Å². The van der Waals surface area contributed by atoms with E-state index in [9.17, 15) is 4.39 Å². The Labute approximate surface area is 172 Å². The van der Waals surface area contributed by atoms with Gasteiger partial charge in [-0.15, -0.1) is 0 Å². The van der Waals surface area contributed by atoms with Crippen LogP contribution in [0.4, 0.5) is 4.39 Å². The van der Waals surface area contributed by atoms with Crippen LogP contribution in [-0.4, -0.2) is 9.78 Å². The van der Waals surface area contributed by atoms with Crippen molar-refractivity contribution in [3.8, 4) is 28.1 Å². The van der Waals surface area contributed by atoms with Crippen LogP contribution in [0.3, 0.4) is 0 Å². The summed E-state index contributed by atoms with van der Waals surface area (Å²) in [5.41, 5.74) is 6.91. The molecule has 5 rings (SSSR count). The number of rotatable bonds is 2. The molecule has 0 radical (unpaired) electrons. The molecule has 1 aliphatic carbocycles. The molecule has 0 aliphatic heterocycles. The highest BCUT2D eigenvalue weighted by atomic mass is 35.5. The summed E-state index contributed by atoms with van der Waals surface area (Å²) >= 11 is 12.4. The SMILES string of the molecule is Fc1cccc(-c2c3c(nn2-c2ccc(Cl)c(Cl)c2)CCc2ccccc2-3)c1. The lowest BCUT2D eigenvalue weighted by atomic mass is 9.87. The second-order valence-electron chi connectivity index (χ2n) is 6.85. The van der Waals surface area contributed by atoms with E-state index in [1.165, 1.54) is 11.6 Å². The number of aromatic nitrogens is 2. The molecule has 1 heterocycles. The zero-order valence-corrected chi connectivity index (χ0v) is 16.3. The molecule has 0 spiro atoms. The molecule has 28 heavy (non-hydrogen) atoms. The van der Waals surface area contributed by atoms with Crippen LogP contribution in [0.15, 0.2) is 66.7 Å². The largest absolute Gasteiger partial charge is 0.232 e. The van der Waals surface area contributed by atoms with Crippen LogP contribution >= 0.6 is 23.2 Å². The van der Waals surface area contributed by atoms with Crippen molar-refractivity contribution in [3.63, 3.8) is 0 Å². The minimum absolute atomic E-state index is 0.280. The van der Waals surface area contributed by atoms with Gasteiger partial charge < -0.3 is 0 Å². The molecule has 0 fully saturated rings. The molecular formula is C23H15Cl2FN2.